The highest BCUT2D eigenvalue weighted by Gasteiger charge is 2.23. The number of fused-ring (bicyclic) bond motifs is 7. The van der Waals surface area contributed by atoms with E-state index in [9.17, 15) is 0 Å². The van der Waals surface area contributed by atoms with Crippen molar-refractivity contribution in [2.24, 2.45) is 15.0 Å². The van der Waals surface area contributed by atoms with Gasteiger partial charge in [-0.25, -0.2) is 9.98 Å². The molecule has 4 heterocycles. The van der Waals surface area contributed by atoms with Crippen LogP contribution in [0, 0.1) is 0 Å². The summed E-state index contributed by atoms with van der Waals surface area (Å²) in [5, 5.41) is 8.43. The van der Waals surface area contributed by atoms with Crippen LogP contribution >= 0.6 is 0 Å². The molecule has 63 heavy (non-hydrogen) atoms. The minimum atomic E-state index is -0.267. The van der Waals surface area contributed by atoms with E-state index in [1.807, 2.05) is 54.6 Å². The lowest BCUT2D eigenvalue weighted by atomic mass is 10.1. The molecular weight excluding hydrogens is 769 g/mol. The van der Waals surface area contributed by atoms with Gasteiger partial charge < -0.3 is 14.5 Å². The van der Waals surface area contributed by atoms with Crippen LogP contribution in [0.5, 0.6) is 0 Å². The summed E-state index contributed by atoms with van der Waals surface area (Å²) in [6.07, 6.45) is 12.3. The highest BCUT2D eigenvalue weighted by molar-refractivity contribution is 6.26. The van der Waals surface area contributed by atoms with Gasteiger partial charge in [0.05, 0.1) is 33.5 Å². The molecule has 0 saturated heterocycles. The molecule has 7 aromatic carbocycles. The fraction of sp³-hybridized carbons (Fsp3) is 0.0351. The number of allylic oxidation sites excluding steroid dienone is 6. The van der Waals surface area contributed by atoms with E-state index >= 15 is 0 Å². The molecule has 2 aliphatic heterocycles. The summed E-state index contributed by atoms with van der Waals surface area (Å²) in [4.78, 5) is 15.3. The first-order valence-electron chi connectivity index (χ1n) is 21.3. The summed E-state index contributed by atoms with van der Waals surface area (Å²) in [5.74, 6) is 1.49. The molecule has 2 aliphatic rings. The minimum Gasteiger partial charge on any atom is -0.344 e. The Labute approximate surface area is 365 Å². The topological polar surface area (TPSA) is 59.0 Å². The Morgan fingerprint density at radius 2 is 1.33 bits per heavy atom. The van der Waals surface area contributed by atoms with Crippen molar-refractivity contribution in [1.82, 2.24) is 14.5 Å². The molecule has 0 amide bonds. The summed E-state index contributed by atoms with van der Waals surface area (Å²) >= 11 is 0. The van der Waals surface area contributed by atoms with Crippen LogP contribution in [-0.4, -0.2) is 26.5 Å². The van der Waals surface area contributed by atoms with Gasteiger partial charge in [0.15, 0.2) is 5.84 Å². The molecule has 1 unspecified atom stereocenters. The lowest BCUT2D eigenvalue weighted by molar-refractivity contribution is 0.674. The van der Waals surface area contributed by atoms with Crippen molar-refractivity contribution in [2.45, 2.75) is 12.6 Å². The molecule has 0 aliphatic carbocycles. The number of hydrogen-bond donors (Lipinski definition) is 1. The van der Waals surface area contributed by atoms with Crippen molar-refractivity contribution in [3.8, 4) is 11.4 Å². The highest BCUT2D eigenvalue weighted by atomic mass is 15.2. The lowest BCUT2D eigenvalue weighted by Gasteiger charge is -2.23. The zero-order valence-electron chi connectivity index (χ0n) is 34.6. The van der Waals surface area contributed by atoms with Crippen molar-refractivity contribution in [3.05, 3.63) is 253 Å². The third kappa shape index (κ3) is 6.75. The number of aliphatic imine (C=N–C) groups is 3. The molecule has 0 spiro atoms. The molecule has 9 aromatic rings. The summed E-state index contributed by atoms with van der Waals surface area (Å²) < 4.78 is 4.83. The highest BCUT2D eigenvalue weighted by Crippen LogP contribution is 2.42. The number of para-hydroxylation sites is 2. The Kier molecular flexibility index (Phi) is 9.51. The molecule has 2 aromatic heterocycles. The van der Waals surface area contributed by atoms with Crippen LogP contribution in [0.15, 0.2) is 246 Å². The van der Waals surface area contributed by atoms with Gasteiger partial charge in [-0.05, 0) is 77.4 Å². The van der Waals surface area contributed by atoms with Crippen LogP contribution in [0.4, 0.5) is 0 Å². The molecule has 11 rings (SSSR count). The number of hydrogen-bond acceptors (Lipinski definition) is 4. The van der Waals surface area contributed by atoms with Gasteiger partial charge in [0, 0.05) is 50.5 Å². The zero-order chi connectivity index (χ0) is 42.3. The zero-order valence-corrected chi connectivity index (χ0v) is 34.6. The van der Waals surface area contributed by atoms with Crippen molar-refractivity contribution in [2.75, 3.05) is 0 Å². The Hall–Kier alpha value is -8.35. The smallest absolute Gasteiger partial charge is 0.159 e. The predicted octanol–water partition coefficient (Wildman–Crippen LogP) is 13.3. The van der Waals surface area contributed by atoms with Crippen LogP contribution in [0.25, 0.3) is 55.0 Å². The Morgan fingerprint density at radius 1 is 0.619 bits per heavy atom. The molecule has 300 valence electrons. The summed E-state index contributed by atoms with van der Waals surface area (Å²) in [7, 11) is 0. The number of aromatic nitrogens is 2. The summed E-state index contributed by atoms with van der Waals surface area (Å²) in [5.41, 5.74) is 13.5. The minimum absolute atomic E-state index is 0.267. The molecule has 1 atom stereocenters. The maximum absolute atomic E-state index is 5.14. The third-order valence-electron chi connectivity index (χ3n) is 11.9. The second-order valence-electron chi connectivity index (χ2n) is 15.8. The second-order valence-corrected chi connectivity index (χ2v) is 15.8. The van der Waals surface area contributed by atoms with Crippen LogP contribution < -0.4 is 5.32 Å². The SMILES string of the molecule is C=C/C=C\C(=C)C1=CC=CCC(c2cccc(-n3c4ccccc4c4ccc5c(c6ccccc6n5-c5ccc(C6=NC(c7ccccc7)=NC(c7ccccc7)N6)cc5)c43)c2)=N1. The number of rotatable bonds is 9. The molecule has 1 N–H and O–H groups in total. The van der Waals surface area contributed by atoms with Crippen LogP contribution in [0.2, 0.25) is 0 Å². The molecule has 0 saturated carbocycles. The Balaban J connectivity index is 1.05. The molecule has 6 nitrogen and oxygen atoms in total. The van der Waals surface area contributed by atoms with E-state index in [1.54, 1.807) is 6.08 Å². The molecule has 0 bridgehead atoms. The molecule has 6 heteroatoms. The number of nitrogens with one attached hydrogen (secondary N) is 1. The summed E-state index contributed by atoms with van der Waals surface area (Å²) in [6.45, 7) is 8.10. The van der Waals surface area contributed by atoms with E-state index < -0.39 is 0 Å². The van der Waals surface area contributed by atoms with Crippen molar-refractivity contribution >= 4 is 61.0 Å². The number of amidine groups is 2. The largest absolute Gasteiger partial charge is 0.344 e. The van der Waals surface area contributed by atoms with Gasteiger partial charge in [0.2, 0.25) is 0 Å². The number of nitrogens with zero attached hydrogens (tertiary/aromatic N) is 5. The van der Waals surface area contributed by atoms with Gasteiger partial charge in [-0.2, -0.15) is 0 Å². The molecule has 0 fully saturated rings. The average molecular weight is 811 g/mol. The van der Waals surface area contributed by atoms with Crippen molar-refractivity contribution in [3.63, 3.8) is 0 Å². The first-order valence-corrected chi connectivity index (χ1v) is 21.3. The third-order valence-corrected chi connectivity index (χ3v) is 11.9. The van der Waals surface area contributed by atoms with E-state index in [1.165, 1.54) is 27.1 Å². The summed E-state index contributed by atoms with van der Waals surface area (Å²) in [6, 6.07) is 60.1. The second kappa shape index (κ2) is 15.9. The van der Waals surface area contributed by atoms with Gasteiger partial charge in [0.1, 0.15) is 12.0 Å². The Morgan fingerprint density at radius 3 is 2.13 bits per heavy atom. The van der Waals surface area contributed by atoms with Crippen molar-refractivity contribution < 1.29 is 0 Å². The van der Waals surface area contributed by atoms with Gasteiger partial charge in [0.25, 0.3) is 0 Å². The first-order chi connectivity index (χ1) is 31.1. The van der Waals surface area contributed by atoms with Gasteiger partial charge in [-0.3, -0.25) is 4.99 Å². The fourth-order valence-electron chi connectivity index (χ4n) is 8.96. The van der Waals surface area contributed by atoms with Crippen LogP contribution in [0.3, 0.4) is 0 Å². The van der Waals surface area contributed by atoms with Gasteiger partial charge in [-0.1, -0.05) is 159 Å². The maximum Gasteiger partial charge on any atom is 0.159 e. The molecular formula is C57H42N6. The standard InChI is InChI=1S/C57H42N6/c1-3-4-18-38(2)48-27-13-14-28-49(58-48)42-23-17-24-44(37-42)63-50-29-15-11-25-45(50)46-35-36-52-53(54(46)63)47-26-12-16-30-51(47)62(52)43-33-31-41(32-34-43)57-60-55(39-19-7-5-8-20-39)59-56(61-57)40-21-9-6-10-22-40/h3-27,29-37,55H,1-2,28H2,(H,59,60,61)/b18-4-. The quantitative estimate of drug-likeness (QED) is 0.145. The van der Waals surface area contributed by atoms with E-state index in [-0.39, 0.29) is 6.17 Å². The average Bonchev–Trinajstić information content (AvgIpc) is 3.74. The predicted molar refractivity (Wildman–Crippen MR) is 264 cm³/mol. The van der Waals surface area contributed by atoms with Gasteiger partial charge >= 0.3 is 0 Å². The molecule has 0 radical (unpaired) electrons. The fourth-order valence-corrected chi connectivity index (χ4v) is 8.96. The maximum atomic E-state index is 5.14. The Bertz CT molecular complexity index is 3460. The van der Waals surface area contributed by atoms with Crippen LogP contribution in [0.1, 0.15) is 34.8 Å². The van der Waals surface area contributed by atoms with Crippen LogP contribution in [-0.2, 0) is 0 Å². The van der Waals surface area contributed by atoms with E-state index in [2.05, 4.69) is 173 Å². The normalized spacial score (nSPS) is 15.3. The van der Waals surface area contributed by atoms with E-state index in [4.69, 9.17) is 15.0 Å². The van der Waals surface area contributed by atoms with Gasteiger partial charge in [-0.15, -0.1) is 0 Å². The van der Waals surface area contributed by atoms with E-state index in [0.29, 0.717) is 12.3 Å². The van der Waals surface area contributed by atoms with E-state index in [0.717, 1.165) is 73.0 Å². The first kappa shape index (κ1) is 37.6. The number of benzene rings is 7. The monoisotopic (exact) mass is 810 g/mol. The lowest BCUT2D eigenvalue weighted by Crippen LogP contribution is -2.33. The van der Waals surface area contributed by atoms with Crippen molar-refractivity contribution in [1.29, 1.82) is 0 Å².